The van der Waals surface area contributed by atoms with Crippen LogP contribution in [-0.4, -0.2) is 39.1 Å². The summed E-state index contributed by atoms with van der Waals surface area (Å²) in [6.07, 6.45) is 0. The Balaban J connectivity index is 1.55. The van der Waals surface area contributed by atoms with Crippen LogP contribution < -0.4 is 20.3 Å². The molecule has 1 saturated heterocycles. The van der Waals surface area contributed by atoms with Crippen LogP contribution in [0.25, 0.3) is 0 Å². The lowest BCUT2D eigenvalue weighted by atomic mass is 10.2. The van der Waals surface area contributed by atoms with Gasteiger partial charge in [-0.05, 0) is 30.3 Å². The molecule has 0 aliphatic carbocycles. The van der Waals surface area contributed by atoms with Crippen LogP contribution in [0.3, 0.4) is 0 Å². The number of nitrogens with one attached hydrogen (secondary N) is 2. The van der Waals surface area contributed by atoms with Crippen LogP contribution in [-0.2, 0) is 4.74 Å². The first-order valence-electron chi connectivity index (χ1n) is 8.18. The number of hydrogen-bond donors (Lipinski definition) is 2. The largest absolute Gasteiger partial charge is 0.472 e. The molecule has 2 aromatic carbocycles. The van der Waals surface area contributed by atoms with Crippen LogP contribution in [0.2, 0.25) is 10.0 Å². The zero-order chi connectivity index (χ0) is 18.4. The fourth-order valence-corrected chi connectivity index (χ4v) is 3.06. The van der Waals surface area contributed by atoms with E-state index in [-0.39, 0.29) is 12.8 Å². The van der Waals surface area contributed by atoms with Crippen molar-refractivity contribution in [3.63, 3.8) is 0 Å². The average molecular weight is 396 g/mol. The first-order valence-corrected chi connectivity index (χ1v) is 8.93. The highest BCUT2D eigenvalue weighted by Gasteiger charge is 2.15. The predicted molar refractivity (Wildman–Crippen MR) is 104 cm³/mol. The molecule has 138 valence electrons. The molecule has 0 radical (unpaired) electrons. The number of urea groups is 1. The van der Waals surface area contributed by atoms with Gasteiger partial charge in [-0.1, -0.05) is 35.3 Å². The zero-order valence-corrected chi connectivity index (χ0v) is 15.5. The molecule has 2 N–H and O–H groups in total. The van der Waals surface area contributed by atoms with Crippen molar-refractivity contribution in [3.8, 4) is 5.75 Å². The second-order valence-electron chi connectivity index (χ2n) is 5.61. The number of anilines is 2. The Morgan fingerprint density at radius 1 is 1.15 bits per heavy atom. The van der Waals surface area contributed by atoms with Crippen LogP contribution in [0.15, 0.2) is 42.5 Å². The molecular weight excluding hydrogens is 377 g/mol. The summed E-state index contributed by atoms with van der Waals surface area (Å²) in [5, 5.41) is 6.40. The third-order valence-corrected chi connectivity index (χ3v) is 4.39. The van der Waals surface area contributed by atoms with Gasteiger partial charge < -0.3 is 25.0 Å². The SMILES string of the molecule is O=C(NCOc1ccc(Cl)cc1Cl)Nc1ccccc1N1CCOCC1. The number of benzene rings is 2. The lowest BCUT2D eigenvalue weighted by molar-refractivity contribution is 0.123. The maximum atomic E-state index is 12.2. The van der Waals surface area contributed by atoms with Crippen molar-refractivity contribution in [2.75, 3.05) is 43.3 Å². The van der Waals surface area contributed by atoms with Gasteiger partial charge in [0.1, 0.15) is 5.75 Å². The lowest BCUT2D eigenvalue weighted by Gasteiger charge is -2.30. The average Bonchev–Trinajstić information content (AvgIpc) is 2.65. The molecule has 2 amide bonds. The number of nitrogens with zero attached hydrogens (tertiary/aromatic N) is 1. The summed E-state index contributed by atoms with van der Waals surface area (Å²) >= 11 is 11.9. The minimum absolute atomic E-state index is 0.0209. The molecule has 1 fully saturated rings. The van der Waals surface area contributed by atoms with E-state index in [0.29, 0.717) is 29.0 Å². The van der Waals surface area contributed by atoms with E-state index in [1.165, 1.54) is 0 Å². The third kappa shape index (κ3) is 4.94. The van der Waals surface area contributed by atoms with Gasteiger partial charge in [0.25, 0.3) is 0 Å². The van der Waals surface area contributed by atoms with Gasteiger partial charge in [0.15, 0.2) is 6.73 Å². The van der Waals surface area contributed by atoms with Crippen molar-refractivity contribution in [2.24, 2.45) is 0 Å². The van der Waals surface area contributed by atoms with Crippen molar-refractivity contribution in [2.45, 2.75) is 0 Å². The topological polar surface area (TPSA) is 62.8 Å². The van der Waals surface area contributed by atoms with Gasteiger partial charge in [0.2, 0.25) is 0 Å². The highest BCUT2D eigenvalue weighted by Crippen LogP contribution is 2.28. The summed E-state index contributed by atoms with van der Waals surface area (Å²) in [5.41, 5.74) is 1.70. The number of morpholine rings is 1. The van der Waals surface area contributed by atoms with E-state index < -0.39 is 0 Å². The smallest absolute Gasteiger partial charge is 0.321 e. The number of ether oxygens (including phenoxy) is 2. The van der Waals surface area contributed by atoms with Crippen LogP contribution in [0.4, 0.5) is 16.2 Å². The number of amides is 2. The number of rotatable bonds is 5. The van der Waals surface area contributed by atoms with Crippen molar-refractivity contribution < 1.29 is 14.3 Å². The molecule has 1 aliphatic rings. The van der Waals surface area contributed by atoms with Crippen molar-refractivity contribution >= 4 is 40.6 Å². The zero-order valence-electron chi connectivity index (χ0n) is 14.0. The standard InChI is InChI=1S/C18H19Cl2N3O3/c19-13-5-6-17(14(20)11-13)26-12-21-18(24)22-15-3-1-2-4-16(15)23-7-9-25-10-8-23/h1-6,11H,7-10,12H2,(H2,21,22,24). The van der Waals surface area contributed by atoms with Crippen molar-refractivity contribution in [1.29, 1.82) is 0 Å². The van der Waals surface area contributed by atoms with Gasteiger partial charge in [0.05, 0.1) is 29.6 Å². The molecule has 0 atom stereocenters. The monoisotopic (exact) mass is 395 g/mol. The number of carbonyl (C=O) groups is 1. The highest BCUT2D eigenvalue weighted by molar-refractivity contribution is 6.35. The fraction of sp³-hybridized carbons (Fsp3) is 0.278. The molecular formula is C18H19Cl2N3O3. The van der Waals surface area contributed by atoms with Gasteiger partial charge in [-0.2, -0.15) is 0 Å². The molecule has 1 heterocycles. The molecule has 0 unspecified atom stereocenters. The van der Waals surface area contributed by atoms with Gasteiger partial charge in [-0.15, -0.1) is 0 Å². The van der Waals surface area contributed by atoms with Crippen LogP contribution in [0.1, 0.15) is 0 Å². The summed E-state index contributed by atoms with van der Waals surface area (Å²) in [7, 11) is 0. The minimum atomic E-state index is -0.365. The summed E-state index contributed by atoms with van der Waals surface area (Å²) in [6, 6.07) is 12.2. The van der Waals surface area contributed by atoms with Gasteiger partial charge in [0, 0.05) is 18.1 Å². The summed E-state index contributed by atoms with van der Waals surface area (Å²) in [6.45, 7) is 2.91. The first kappa shape index (κ1) is 18.6. The fourth-order valence-electron chi connectivity index (χ4n) is 2.60. The first-order chi connectivity index (χ1) is 12.6. The highest BCUT2D eigenvalue weighted by atomic mass is 35.5. The van der Waals surface area contributed by atoms with Crippen LogP contribution >= 0.6 is 23.2 Å². The molecule has 0 spiro atoms. The maximum absolute atomic E-state index is 12.2. The lowest BCUT2D eigenvalue weighted by Crippen LogP contribution is -2.37. The molecule has 6 nitrogen and oxygen atoms in total. The van der Waals surface area contributed by atoms with Crippen LogP contribution in [0.5, 0.6) is 5.75 Å². The van der Waals surface area contributed by atoms with Crippen LogP contribution in [0, 0.1) is 0 Å². The summed E-state index contributed by atoms with van der Waals surface area (Å²) < 4.78 is 10.8. The second-order valence-corrected chi connectivity index (χ2v) is 6.45. The second kappa shape index (κ2) is 8.98. The quantitative estimate of drug-likeness (QED) is 0.751. The molecule has 0 saturated carbocycles. The maximum Gasteiger partial charge on any atom is 0.321 e. The Kier molecular flexibility index (Phi) is 6.44. The van der Waals surface area contributed by atoms with Gasteiger partial charge >= 0.3 is 6.03 Å². The Bertz CT molecular complexity index is 767. The van der Waals surface area contributed by atoms with E-state index in [0.717, 1.165) is 24.5 Å². The Labute approximate surface area is 162 Å². The molecule has 8 heteroatoms. The van der Waals surface area contributed by atoms with Gasteiger partial charge in [-0.3, -0.25) is 0 Å². The molecule has 2 aromatic rings. The Morgan fingerprint density at radius 2 is 1.92 bits per heavy atom. The van der Waals surface area contributed by atoms with Crippen molar-refractivity contribution in [1.82, 2.24) is 5.32 Å². The molecule has 0 bridgehead atoms. The summed E-state index contributed by atoms with van der Waals surface area (Å²) in [4.78, 5) is 14.4. The normalized spacial score (nSPS) is 14.0. The van der Waals surface area contributed by atoms with E-state index in [1.807, 2.05) is 24.3 Å². The van der Waals surface area contributed by atoms with Crippen molar-refractivity contribution in [3.05, 3.63) is 52.5 Å². The van der Waals surface area contributed by atoms with Gasteiger partial charge in [-0.25, -0.2) is 4.79 Å². The molecule has 26 heavy (non-hydrogen) atoms. The van der Waals surface area contributed by atoms with E-state index in [9.17, 15) is 4.79 Å². The predicted octanol–water partition coefficient (Wildman–Crippen LogP) is 3.99. The molecule has 1 aliphatic heterocycles. The Morgan fingerprint density at radius 3 is 2.69 bits per heavy atom. The Hall–Kier alpha value is -2.15. The third-order valence-electron chi connectivity index (χ3n) is 3.86. The van der Waals surface area contributed by atoms with E-state index in [2.05, 4.69) is 15.5 Å². The number of para-hydroxylation sites is 2. The number of hydrogen-bond acceptors (Lipinski definition) is 4. The molecule has 0 aromatic heterocycles. The summed E-state index contributed by atoms with van der Waals surface area (Å²) in [5.74, 6) is 0.449. The van der Waals surface area contributed by atoms with E-state index >= 15 is 0 Å². The van der Waals surface area contributed by atoms with E-state index in [1.54, 1.807) is 18.2 Å². The van der Waals surface area contributed by atoms with E-state index in [4.69, 9.17) is 32.7 Å². The minimum Gasteiger partial charge on any atom is -0.472 e. The number of carbonyl (C=O) groups excluding carboxylic acids is 1. The number of halogens is 2. The molecule has 3 rings (SSSR count).